The lowest BCUT2D eigenvalue weighted by molar-refractivity contribution is 0.691. The fourth-order valence-corrected chi connectivity index (χ4v) is 3.72. The topological polar surface area (TPSA) is 0 Å². The predicted molar refractivity (Wildman–Crippen MR) is 113 cm³/mol. The van der Waals surface area contributed by atoms with Crippen molar-refractivity contribution in [3.05, 3.63) is 106 Å². The van der Waals surface area contributed by atoms with Gasteiger partial charge in [0, 0.05) is 5.41 Å². The Morgan fingerprint density at radius 1 is 0.462 bits per heavy atom. The number of rotatable bonds is 6. The highest BCUT2D eigenvalue weighted by Gasteiger charge is 2.31. The molecule has 0 unspecified atom stereocenters. The van der Waals surface area contributed by atoms with Gasteiger partial charge in [0.05, 0.1) is 0 Å². The summed E-state index contributed by atoms with van der Waals surface area (Å²) in [5.74, 6) is 0. The summed E-state index contributed by atoms with van der Waals surface area (Å²) >= 11 is 0. The van der Waals surface area contributed by atoms with Crippen LogP contribution in [0.25, 0.3) is 0 Å². The van der Waals surface area contributed by atoms with Crippen LogP contribution in [0.5, 0.6) is 0 Å². The fraction of sp³-hybridized carbons (Fsp3) is 0.308. The molecule has 0 nitrogen and oxygen atoms in total. The van der Waals surface area contributed by atoms with Gasteiger partial charge < -0.3 is 0 Å². The summed E-state index contributed by atoms with van der Waals surface area (Å²) in [5, 5.41) is 0. The zero-order chi connectivity index (χ0) is 18.6. The molecule has 0 saturated carbocycles. The van der Waals surface area contributed by atoms with Crippen molar-refractivity contribution in [1.82, 2.24) is 0 Å². The van der Waals surface area contributed by atoms with Crippen molar-refractivity contribution in [2.45, 2.75) is 52.4 Å². The molecule has 3 aromatic rings. The van der Waals surface area contributed by atoms with E-state index in [9.17, 15) is 0 Å². The lowest BCUT2D eigenvalue weighted by atomic mass is 9.70. The van der Waals surface area contributed by atoms with Crippen LogP contribution in [-0.4, -0.2) is 0 Å². The Bertz CT molecular complexity index is 705. The molecule has 0 aliphatic heterocycles. The molecule has 3 aromatic carbocycles. The van der Waals surface area contributed by atoms with E-state index in [1.807, 2.05) is 0 Å². The van der Waals surface area contributed by atoms with Crippen molar-refractivity contribution in [3.8, 4) is 0 Å². The molecule has 134 valence electrons. The van der Waals surface area contributed by atoms with E-state index in [4.69, 9.17) is 0 Å². The molecule has 0 amide bonds. The zero-order valence-corrected chi connectivity index (χ0v) is 16.5. The van der Waals surface area contributed by atoms with Crippen LogP contribution in [-0.2, 0) is 24.7 Å². The largest absolute Gasteiger partial charge is 0.0613 e. The van der Waals surface area contributed by atoms with Crippen LogP contribution in [0.3, 0.4) is 0 Å². The van der Waals surface area contributed by atoms with Crippen molar-refractivity contribution >= 4 is 0 Å². The van der Waals surface area contributed by atoms with Crippen molar-refractivity contribution in [2.24, 2.45) is 0 Å². The zero-order valence-electron chi connectivity index (χ0n) is 16.5. The van der Waals surface area contributed by atoms with Gasteiger partial charge >= 0.3 is 0 Å². The Balaban J connectivity index is 2.15. The van der Waals surface area contributed by atoms with Gasteiger partial charge in [-0.3, -0.25) is 0 Å². The van der Waals surface area contributed by atoms with Crippen LogP contribution in [0.1, 0.15) is 61.1 Å². The fourth-order valence-electron chi connectivity index (χ4n) is 3.72. The van der Waals surface area contributed by atoms with Crippen LogP contribution in [0.4, 0.5) is 0 Å². The molecule has 0 bridgehead atoms. The second-order valence-electron chi connectivity index (χ2n) is 7.28. The summed E-state index contributed by atoms with van der Waals surface area (Å²) in [4.78, 5) is 0. The molecule has 0 spiro atoms. The molecular formula is C26H30. The Kier molecular flexibility index (Phi) is 5.61. The quantitative estimate of drug-likeness (QED) is 0.436. The Morgan fingerprint density at radius 3 is 0.885 bits per heavy atom. The van der Waals surface area contributed by atoms with Gasteiger partial charge in [-0.2, -0.15) is 0 Å². The van der Waals surface area contributed by atoms with Gasteiger partial charge in [0.15, 0.2) is 0 Å². The van der Waals surface area contributed by atoms with Gasteiger partial charge in [-0.1, -0.05) is 93.6 Å². The van der Waals surface area contributed by atoms with Crippen LogP contribution < -0.4 is 0 Å². The first-order valence-corrected chi connectivity index (χ1v) is 9.90. The van der Waals surface area contributed by atoms with Crippen LogP contribution in [0.2, 0.25) is 0 Å². The smallest absolute Gasteiger partial charge is 0.0423 e. The summed E-state index contributed by atoms with van der Waals surface area (Å²) in [5.41, 5.74) is 8.07. The third kappa shape index (κ3) is 3.46. The molecule has 0 heterocycles. The van der Waals surface area contributed by atoms with Crippen molar-refractivity contribution in [2.75, 3.05) is 0 Å². The molecule has 0 saturated heterocycles. The summed E-state index contributed by atoms with van der Waals surface area (Å²) in [6.45, 7) is 8.99. The van der Waals surface area contributed by atoms with Gasteiger partial charge in [-0.25, -0.2) is 0 Å². The molecule has 3 rings (SSSR count). The van der Waals surface area contributed by atoms with Crippen LogP contribution in [0.15, 0.2) is 72.8 Å². The molecule has 0 fully saturated rings. The lowest BCUT2D eigenvalue weighted by Crippen LogP contribution is -2.25. The number of hydrogen-bond acceptors (Lipinski definition) is 0. The maximum Gasteiger partial charge on any atom is 0.0423 e. The third-order valence-electron chi connectivity index (χ3n) is 5.82. The molecule has 0 aromatic heterocycles. The minimum absolute atomic E-state index is 0.148. The standard InChI is InChI=1S/C26H30/c1-5-20-8-14-23(15-9-20)26(4,24-16-10-21(6-2)11-17-24)25-18-12-22(7-3)13-19-25/h8-19H,5-7H2,1-4H3. The number of benzene rings is 3. The predicted octanol–water partition coefficient (Wildman–Crippen LogP) is 6.73. The molecule has 26 heavy (non-hydrogen) atoms. The summed E-state index contributed by atoms with van der Waals surface area (Å²) < 4.78 is 0. The van der Waals surface area contributed by atoms with Crippen molar-refractivity contribution < 1.29 is 0 Å². The average molecular weight is 343 g/mol. The van der Waals surface area contributed by atoms with Gasteiger partial charge in [0.25, 0.3) is 0 Å². The molecule has 0 atom stereocenters. The van der Waals surface area contributed by atoms with Crippen LogP contribution >= 0.6 is 0 Å². The van der Waals surface area contributed by atoms with E-state index >= 15 is 0 Å². The van der Waals surface area contributed by atoms with Gasteiger partial charge in [-0.05, 0) is 59.6 Å². The number of aryl methyl sites for hydroxylation is 3. The first kappa shape index (κ1) is 18.5. The van der Waals surface area contributed by atoms with Gasteiger partial charge in [0.2, 0.25) is 0 Å². The second-order valence-corrected chi connectivity index (χ2v) is 7.28. The molecule has 0 heteroatoms. The first-order chi connectivity index (χ1) is 12.6. The molecule has 0 aliphatic rings. The summed E-state index contributed by atoms with van der Waals surface area (Å²) in [6.07, 6.45) is 3.23. The number of hydrogen-bond donors (Lipinski definition) is 0. The molecule has 0 aliphatic carbocycles. The molecule has 0 N–H and O–H groups in total. The highest BCUT2D eigenvalue weighted by molar-refractivity contribution is 5.50. The monoisotopic (exact) mass is 342 g/mol. The third-order valence-corrected chi connectivity index (χ3v) is 5.82. The Hall–Kier alpha value is -2.34. The van der Waals surface area contributed by atoms with Gasteiger partial charge in [0.1, 0.15) is 0 Å². The van der Waals surface area contributed by atoms with E-state index < -0.39 is 0 Å². The summed E-state index contributed by atoms with van der Waals surface area (Å²) in [7, 11) is 0. The minimum atomic E-state index is -0.148. The van der Waals surface area contributed by atoms with E-state index in [1.165, 1.54) is 33.4 Å². The van der Waals surface area contributed by atoms with E-state index in [2.05, 4.69) is 100 Å². The minimum Gasteiger partial charge on any atom is -0.0613 e. The van der Waals surface area contributed by atoms with E-state index in [0.29, 0.717) is 0 Å². The normalized spacial score (nSPS) is 11.5. The van der Waals surface area contributed by atoms with E-state index in [0.717, 1.165) is 19.3 Å². The maximum atomic E-state index is 2.36. The van der Waals surface area contributed by atoms with Crippen molar-refractivity contribution in [1.29, 1.82) is 0 Å². The highest BCUT2D eigenvalue weighted by atomic mass is 14.3. The maximum absolute atomic E-state index is 2.36. The SMILES string of the molecule is CCc1ccc(C(C)(c2ccc(CC)cc2)c2ccc(CC)cc2)cc1. The summed E-state index contributed by atoms with van der Waals surface area (Å²) in [6, 6.07) is 27.5. The first-order valence-electron chi connectivity index (χ1n) is 9.90. The van der Waals surface area contributed by atoms with Gasteiger partial charge in [-0.15, -0.1) is 0 Å². The lowest BCUT2D eigenvalue weighted by Gasteiger charge is -2.32. The highest BCUT2D eigenvalue weighted by Crippen LogP contribution is 2.39. The molecular weight excluding hydrogens is 312 g/mol. The second kappa shape index (κ2) is 7.91. The van der Waals surface area contributed by atoms with Crippen LogP contribution in [0, 0.1) is 0 Å². The Morgan fingerprint density at radius 2 is 0.692 bits per heavy atom. The Labute approximate surface area is 158 Å². The van der Waals surface area contributed by atoms with Crippen molar-refractivity contribution in [3.63, 3.8) is 0 Å². The molecule has 0 radical (unpaired) electrons. The van der Waals surface area contributed by atoms with E-state index in [-0.39, 0.29) is 5.41 Å². The van der Waals surface area contributed by atoms with E-state index in [1.54, 1.807) is 0 Å². The average Bonchev–Trinajstić information content (AvgIpc) is 2.73.